The molecule has 2 heterocycles. The van der Waals surface area contributed by atoms with E-state index in [1.807, 2.05) is 11.6 Å². The Bertz CT molecular complexity index is 487. The first-order valence-corrected chi connectivity index (χ1v) is 7.22. The van der Waals surface area contributed by atoms with Crippen molar-refractivity contribution in [3.05, 3.63) is 33.5 Å². The molecular weight excluding hydrogens is 244 g/mol. The van der Waals surface area contributed by atoms with Gasteiger partial charge in [0.15, 0.2) is 0 Å². The van der Waals surface area contributed by atoms with Crippen LogP contribution in [0, 0.1) is 13.8 Å². The van der Waals surface area contributed by atoms with Gasteiger partial charge in [-0.15, -0.1) is 11.3 Å². The highest BCUT2D eigenvalue weighted by molar-refractivity contribution is 7.09. The predicted molar refractivity (Wildman–Crippen MR) is 75.2 cm³/mol. The normalized spacial score (nSPS) is 11.1. The van der Waals surface area contributed by atoms with Crippen LogP contribution < -0.4 is 5.32 Å². The summed E-state index contributed by atoms with van der Waals surface area (Å²) in [7, 11) is 0. The summed E-state index contributed by atoms with van der Waals surface area (Å²) in [6.07, 6.45) is 2.89. The molecule has 0 aromatic carbocycles. The molecule has 0 amide bonds. The molecular formula is C13H20N4S. The fourth-order valence-electron chi connectivity index (χ4n) is 2.10. The molecule has 98 valence electrons. The van der Waals surface area contributed by atoms with Crippen LogP contribution in [0.4, 0.5) is 0 Å². The summed E-state index contributed by atoms with van der Waals surface area (Å²) in [5.41, 5.74) is 3.77. The van der Waals surface area contributed by atoms with Crippen LogP contribution in [0.1, 0.15) is 28.9 Å². The van der Waals surface area contributed by atoms with Crippen LogP contribution in [0.5, 0.6) is 0 Å². The first kappa shape index (κ1) is 13.2. The van der Waals surface area contributed by atoms with Gasteiger partial charge in [0.25, 0.3) is 0 Å². The van der Waals surface area contributed by atoms with Crippen molar-refractivity contribution in [1.29, 1.82) is 0 Å². The van der Waals surface area contributed by atoms with E-state index < -0.39 is 0 Å². The van der Waals surface area contributed by atoms with Crippen LogP contribution in [0.2, 0.25) is 0 Å². The van der Waals surface area contributed by atoms with Crippen LogP contribution >= 0.6 is 11.3 Å². The van der Waals surface area contributed by atoms with Crippen molar-refractivity contribution in [2.24, 2.45) is 0 Å². The Hall–Kier alpha value is -1.20. The molecule has 5 heteroatoms. The Balaban J connectivity index is 2.10. The van der Waals surface area contributed by atoms with Crippen LogP contribution in [0.3, 0.4) is 0 Å². The average Bonchev–Trinajstić information content (AvgIpc) is 2.93. The lowest BCUT2D eigenvalue weighted by atomic mass is 10.1. The molecule has 2 aromatic rings. The maximum Gasteiger partial charge on any atom is 0.114 e. The quantitative estimate of drug-likeness (QED) is 0.813. The minimum absolute atomic E-state index is 0.783. The van der Waals surface area contributed by atoms with E-state index >= 15 is 0 Å². The van der Waals surface area contributed by atoms with E-state index in [0.29, 0.717) is 0 Å². The first-order valence-electron chi connectivity index (χ1n) is 6.34. The number of likely N-dealkylation sites (N-methyl/N-ethyl adjacent to an activating group) is 1. The third-order valence-corrected chi connectivity index (χ3v) is 3.87. The second-order valence-electron chi connectivity index (χ2n) is 4.34. The zero-order valence-corrected chi connectivity index (χ0v) is 12.0. The molecule has 0 aliphatic carbocycles. The average molecular weight is 264 g/mol. The van der Waals surface area contributed by atoms with E-state index in [0.717, 1.165) is 36.8 Å². The van der Waals surface area contributed by atoms with E-state index in [1.165, 1.54) is 11.3 Å². The largest absolute Gasteiger partial charge is 0.317 e. The highest BCUT2D eigenvalue weighted by Crippen LogP contribution is 2.15. The van der Waals surface area contributed by atoms with Gasteiger partial charge >= 0.3 is 0 Å². The Morgan fingerprint density at radius 1 is 1.39 bits per heavy atom. The highest BCUT2D eigenvalue weighted by atomic mass is 32.1. The molecule has 18 heavy (non-hydrogen) atoms. The molecule has 0 unspecified atom stereocenters. The molecule has 0 fully saturated rings. The molecule has 0 saturated heterocycles. The molecule has 0 aliphatic heterocycles. The van der Waals surface area contributed by atoms with Gasteiger partial charge in [-0.2, -0.15) is 5.10 Å². The molecule has 2 aromatic heterocycles. The van der Waals surface area contributed by atoms with Gasteiger partial charge in [-0.25, -0.2) is 4.98 Å². The van der Waals surface area contributed by atoms with Gasteiger partial charge in [0.2, 0.25) is 0 Å². The molecule has 0 spiro atoms. The summed E-state index contributed by atoms with van der Waals surface area (Å²) in [6, 6.07) is 0. The second kappa shape index (κ2) is 6.11. The van der Waals surface area contributed by atoms with Crippen molar-refractivity contribution in [1.82, 2.24) is 20.1 Å². The lowest BCUT2D eigenvalue weighted by Crippen LogP contribution is -2.16. The third-order valence-electron chi connectivity index (χ3n) is 3.10. The van der Waals surface area contributed by atoms with Crippen molar-refractivity contribution in [2.45, 2.75) is 33.7 Å². The SMILES string of the molecule is CCNCCc1c(C)nn(Cc2nccs2)c1C. The van der Waals surface area contributed by atoms with Gasteiger partial charge in [-0.3, -0.25) is 4.68 Å². The number of hydrogen-bond donors (Lipinski definition) is 1. The summed E-state index contributed by atoms with van der Waals surface area (Å²) < 4.78 is 2.06. The number of aryl methyl sites for hydroxylation is 1. The van der Waals surface area contributed by atoms with Crippen molar-refractivity contribution >= 4 is 11.3 Å². The van der Waals surface area contributed by atoms with Gasteiger partial charge in [0.1, 0.15) is 5.01 Å². The fraction of sp³-hybridized carbons (Fsp3) is 0.538. The fourth-order valence-corrected chi connectivity index (χ4v) is 2.70. The first-order chi connectivity index (χ1) is 8.72. The molecule has 4 nitrogen and oxygen atoms in total. The minimum Gasteiger partial charge on any atom is -0.317 e. The van der Waals surface area contributed by atoms with E-state index in [9.17, 15) is 0 Å². The summed E-state index contributed by atoms with van der Waals surface area (Å²) in [6.45, 7) is 9.19. The Morgan fingerprint density at radius 2 is 2.22 bits per heavy atom. The van der Waals surface area contributed by atoms with Crippen LogP contribution in [-0.4, -0.2) is 27.9 Å². The molecule has 0 atom stereocenters. The van der Waals surface area contributed by atoms with Crippen LogP contribution in [0.15, 0.2) is 11.6 Å². The van der Waals surface area contributed by atoms with Gasteiger partial charge in [-0.05, 0) is 38.9 Å². The number of aromatic nitrogens is 3. The molecule has 0 radical (unpaired) electrons. The van der Waals surface area contributed by atoms with Gasteiger partial charge < -0.3 is 5.32 Å². The summed E-state index contributed by atoms with van der Waals surface area (Å²) in [4.78, 5) is 4.31. The molecule has 1 N–H and O–H groups in total. The summed E-state index contributed by atoms with van der Waals surface area (Å²) in [5, 5.41) is 11.1. The lowest BCUT2D eigenvalue weighted by Gasteiger charge is -2.04. The summed E-state index contributed by atoms with van der Waals surface area (Å²) >= 11 is 1.68. The van der Waals surface area contributed by atoms with Gasteiger partial charge in [-0.1, -0.05) is 6.92 Å². The molecule has 2 rings (SSSR count). The van der Waals surface area contributed by atoms with Gasteiger partial charge in [0.05, 0.1) is 12.2 Å². The number of nitrogens with one attached hydrogen (secondary N) is 1. The highest BCUT2D eigenvalue weighted by Gasteiger charge is 2.11. The standard InChI is InChI=1S/C13H20N4S/c1-4-14-6-5-12-10(2)16-17(11(12)3)9-13-15-7-8-18-13/h7-8,14H,4-6,9H2,1-3H3. The maximum absolute atomic E-state index is 4.62. The molecule has 0 aliphatic rings. The van der Waals surface area contributed by atoms with Crippen molar-refractivity contribution in [3.8, 4) is 0 Å². The van der Waals surface area contributed by atoms with Gasteiger partial charge in [0, 0.05) is 17.3 Å². The lowest BCUT2D eigenvalue weighted by molar-refractivity contribution is 0.653. The van der Waals surface area contributed by atoms with E-state index in [4.69, 9.17) is 0 Å². The number of hydrogen-bond acceptors (Lipinski definition) is 4. The number of thiazole rings is 1. The zero-order chi connectivity index (χ0) is 13.0. The topological polar surface area (TPSA) is 42.7 Å². The second-order valence-corrected chi connectivity index (χ2v) is 5.32. The smallest absolute Gasteiger partial charge is 0.114 e. The van der Waals surface area contributed by atoms with Crippen LogP contribution in [-0.2, 0) is 13.0 Å². The summed E-state index contributed by atoms with van der Waals surface area (Å²) in [5.74, 6) is 0. The molecule has 0 bridgehead atoms. The minimum atomic E-state index is 0.783. The zero-order valence-electron chi connectivity index (χ0n) is 11.2. The van der Waals surface area contributed by atoms with Crippen molar-refractivity contribution in [2.75, 3.05) is 13.1 Å². The number of rotatable bonds is 6. The maximum atomic E-state index is 4.62. The van der Waals surface area contributed by atoms with E-state index in [2.05, 4.69) is 40.9 Å². The Kier molecular flexibility index (Phi) is 4.49. The monoisotopic (exact) mass is 264 g/mol. The Morgan fingerprint density at radius 3 is 2.89 bits per heavy atom. The predicted octanol–water partition coefficient (Wildman–Crippen LogP) is 2.16. The third kappa shape index (κ3) is 2.97. The number of nitrogens with zero attached hydrogens (tertiary/aromatic N) is 3. The van der Waals surface area contributed by atoms with E-state index in [-0.39, 0.29) is 0 Å². The van der Waals surface area contributed by atoms with Crippen molar-refractivity contribution < 1.29 is 0 Å². The Labute approximate surface area is 112 Å². The molecule has 0 saturated carbocycles. The van der Waals surface area contributed by atoms with Crippen LogP contribution in [0.25, 0.3) is 0 Å². The van der Waals surface area contributed by atoms with Crippen molar-refractivity contribution in [3.63, 3.8) is 0 Å². The van der Waals surface area contributed by atoms with E-state index in [1.54, 1.807) is 11.3 Å².